The fraction of sp³-hybridized carbons (Fsp3) is 0.474. The third-order valence-corrected chi connectivity index (χ3v) is 4.83. The van der Waals surface area contributed by atoms with E-state index in [0.29, 0.717) is 25.3 Å². The Bertz CT molecular complexity index is 704. The molecule has 7 heteroatoms. The zero-order valence-corrected chi connectivity index (χ0v) is 16.8. The van der Waals surface area contributed by atoms with Crippen molar-refractivity contribution in [3.05, 3.63) is 42.4 Å². The molecule has 0 spiro atoms. The molecule has 1 aliphatic rings. The second-order valence-electron chi connectivity index (χ2n) is 7.18. The molecule has 0 radical (unpaired) electrons. The molecule has 1 saturated heterocycles. The molecule has 26 heavy (non-hydrogen) atoms. The number of hydrogen-bond donors (Lipinski definition) is 1. The number of hydrogen-bond acceptors (Lipinski definition) is 4. The Morgan fingerprint density at radius 2 is 2.00 bits per heavy atom. The van der Waals surface area contributed by atoms with Gasteiger partial charge in [0.05, 0.1) is 6.20 Å². The van der Waals surface area contributed by atoms with Crippen molar-refractivity contribution >= 4 is 30.7 Å². The highest BCUT2D eigenvalue weighted by Crippen LogP contribution is 2.28. The van der Waals surface area contributed by atoms with Crippen LogP contribution in [-0.4, -0.2) is 34.9 Å². The monoisotopic (exact) mass is 399 g/mol. The van der Waals surface area contributed by atoms with E-state index in [1.807, 2.05) is 35.2 Å². The van der Waals surface area contributed by atoms with Gasteiger partial charge in [-0.3, -0.25) is 4.79 Å². The highest BCUT2D eigenvalue weighted by Gasteiger charge is 2.35. The number of halogens is 2. The molecule has 2 N–H and O–H groups in total. The van der Waals surface area contributed by atoms with Gasteiger partial charge in [0, 0.05) is 37.5 Å². The summed E-state index contributed by atoms with van der Waals surface area (Å²) in [7, 11) is 0. The minimum atomic E-state index is -0.0304. The second kappa shape index (κ2) is 9.40. The number of piperidine rings is 1. The van der Waals surface area contributed by atoms with E-state index in [1.165, 1.54) is 0 Å². The molecule has 1 unspecified atom stereocenters. The standard InChI is InChI=1S/C19H25N3O2.2ClH/c1-19(2)13-22(11-10-16(19)20)18(23)9-8-17-21-12-15(24-17)14-6-4-3-5-7-14;;/h3-7,12,16H,8-11,13,20H2,1-2H3;2*1H. The molecule has 1 aliphatic heterocycles. The number of oxazole rings is 1. The van der Waals surface area contributed by atoms with E-state index >= 15 is 0 Å². The van der Waals surface area contributed by atoms with E-state index in [2.05, 4.69) is 18.8 Å². The van der Waals surface area contributed by atoms with Crippen molar-refractivity contribution in [2.75, 3.05) is 13.1 Å². The molecule has 2 heterocycles. The van der Waals surface area contributed by atoms with Crippen LogP contribution in [0.3, 0.4) is 0 Å². The van der Waals surface area contributed by atoms with Gasteiger partial charge in [-0.25, -0.2) is 4.98 Å². The summed E-state index contributed by atoms with van der Waals surface area (Å²) in [4.78, 5) is 18.7. The van der Waals surface area contributed by atoms with E-state index in [1.54, 1.807) is 6.20 Å². The Morgan fingerprint density at radius 3 is 2.65 bits per heavy atom. The first-order chi connectivity index (χ1) is 11.5. The maximum atomic E-state index is 12.5. The minimum Gasteiger partial charge on any atom is -0.441 e. The Kier molecular flexibility index (Phi) is 8.13. The molecule has 1 aromatic heterocycles. The van der Waals surface area contributed by atoms with Gasteiger partial charge < -0.3 is 15.1 Å². The van der Waals surface area contributed by atoms with Crippen LogP contribution >= 0.6 is 24.8 Å². The zero-order valence-electron chi connectivity index (χ0n) is 15.2. The number of nitrogens with two attached hydrogens (primary N) is 1. The van der Waals surface area contributed by atoms with Crippen LogP contribution in [0.1, 0.15) is 32.6 Å². The van der Waals surface area contributed by atoms with Crippen molar-refractivity contribution in [2.45, 2.75) is 39.2 Å². The van der Waals surface area contributed by atoms with Gasteiger partial charge in [-0.15, -0.1) is 24.8 Å². The summed E-state index contributed by atoms with van der Waals surface area (Å²) in [5.41, 5.74) is 7.10. The largest absolute Gasteiger partial charge is 0.441 e. The van der Waals surface area contributed by atoms with E-state index in [4.69, 9.17) is 10.2 Å². The van der Waals surface area contributed by atoms with Crippen molar-refractivity contribution in [3.8, 4) is 11.3 Å². The first kappa shape index (κ1) is 22.5. The molecule has 1 fully saturated rings. The van der Waals surface area contributed by atoms with Crippen LogP contribution < -0.4 is 5.73 Å². The van der Waals surface area contributed by atoms with Crippen LogP contribution in [0.5, 0.6) is 0 Å². The van der Waals surface area contributed by atoms with Crippen molar-refractivity contribution in [2.24, 2.45) is 11.1 Å². The van der Waals surface area contributed by atoms with Gasteiger partial charge in [-0.05, 0) is 11.8 Å². The topological polar surface area (TPSA) is 72.4 Å². The number of rotatable bonds is 4. The Hall–Kier alpha value is -1.56. The van der Waals surface area contributed by atoms with Gasteiger partial charge in [0.1, 0.15) is 0 Å². The molecule has 0 bridgehead atoms. The predicted octanol–water partition coefficient (Wildman–Crippen LogP) is 3.70. The lowest BCUT2D eigenvalue weighted by atomic mass is 9.79. The summed E-state index contributed by atoms with van der Waals surface area (Å²) in [6.07, 6.45) is 3.52. The van der Waals surface area contributed by atoms with Crippen LogP contribution in [-0.2, 0) is 11.2 Å². The first-order valence-electron chi connectivity index (χ1n) is 8.49. The molecular formula is C19H27Cl2N3O2. The zero-order chi connectivity index (χ0) is 17.2. The van der Waals surface area contributed by atoms with Crippen LogP contribution in [0.25, 0.3) is 11.3 Å². The number of benzene rings is 1. The number of likely N-dealkylation sites (tertiary alicyclic amines) is 1. The predicted molar refractivity (Wildman–Crippen MR) is 108 cm³/mol. The van der Waals surface area contributed by atoms with Crippen LogP contribution in [0.4, 0.5) is 0 Å². The van der Waals surface area contributed by atoms with E-state index in [0.717, 1.165) is 24.3 Å². The number of amides is 1. The lowest BCUT2D eigenvalue weighted by Gasteiger charge is -2.42. The van der Waals surface area contributed by atoms with E-state index in [-0.39, 0.29) is 42.2 Å². The quantitative estimate of drug-likeness (QED) is 0.850. The Balaban J connectivity index is 0.00000169. The highest BCUT2D eigenvalue weighted by molar-refractivity contribution is 5.85. The van der Waals surface area contributed by atoms with Gasteiger partial charge in [-0.2, -0.15) is 0 Å². The molecule has 0 aliphatic carbocycles. The summed E-state index contributed by atoms with van der Waals surface area (Å²) in [6, 6.07) is 10.0. The number of nitrogens with zero attached hydrogens (tertiary/aromatic N) is 2. The summed E-state index contributed by atoms with van der Waals surface area (Å²) in [5.74, 6) is 1.49. The van der Waals surface area contributed by atoms with Crippen molar-refractivity contribution in [3.63, 3.8) is 0 Å². The molecule has 0 saturated carbocycles. The maximum absolute atomic E-state index is 12.5. The van der Waals surface area contributed by atoms with E-state index < -0.39 is 0 Å². The third kappa shape index (κ3) is 5.22. The molecule has 3 rings (SSSR count). The number of aryl methyl sites for hydroxylation is 1. The van der Waals surface area contributed by atoms with Gasteiger partial charge >= 0.3 is 0 Å². The lowest BCUT2D eigenvalue weighted by Crippen LogP contribution is -2.54. The minimum absolute atomic E-state index is 0. The average molecular weight is 400 g/mol. The maximum Gasteiger partial charge on any atom is 0.223 e. The summed E-state index contributed by atoms with van der Waals surface area (Å²) in [6.45, 7) is 5.70. The Morgan fingerprint density at radius 1 is 1.31 bits per heavy atom. The van der Waals surface area contributed by atoms with Crippen LogP contribution in [0, 0.1) is 5.41 Å². The van der Waals surface area contributed by atoms with Gasteiger partial charge in [0.2, 0.25) is 5.91 Å². The molecule has 1 amide bonds. The fourth-order valence-electron chi connectivity index (χ4n) is 3.12. The SMILES string of the molecule is CC1(C)CN(C(=O)CCc2ncc(-c3ccccc3)o2)CCC1N.Cl.Cl. The van der Waals surface area contributed by atoms with Gasteiger partial charge in [0.25, 0.3) is 0 Å². The van der Waals surface area contributed by atoms with Crippen molar-refractivity contribution < 1.29 is 9.21 Å². The average Bonchev–Trinajstić information content (AvgIpc) is 3.05. The molecule has 2 aromatic rings. The number of carbonyl (C=O) groups is 1. The fourth-order valence-corrected chi connectivity index (χ4v) is 3.12. The summed E-state index contributed by atoms with van der Waals surface area (Å²) < 4.78 is 5.76. The van der Waals surface area contributed by atoms with Gasteiger partial charge in [0.15, 0.2) is 11.7 Å². The molecular weight excluding hydrogens is 373 g/mol. The molecule has 5 nitrogen and oxygen atoms in total. The van der Waals surface area contributed by atoms with E-state index in [9.17, 15) is 4.79 Å². The third-order valence-electron chi connectivity index (χ3n) is 4.83. The summed E-state index contributed by atoms with van der Waals surface area (Å²) >= 11 is 0. The van der Waals surface area contributed by atoms with Crippen LogP contribution in [0.15, 0.2) is 40.9 Å². The summed E-state index contributed by atoms with van der Waals surface area (Å²) in [5, 5.41) is 0. The smallest absolute Gasteiger partial charge is 0.223 e. The van der Waals surface area contributed by atoms with Gasteiger partial charge in [-0.1, -0.05) is 44.2 Å². The number of aromatic nitrogens is 1. The highest BCUT2D eigenvalue weighted by atomic mass is 35.5. The Labute approximate surface area is 167 Å². The van der Waals surface area contributed by atoms with Crippen molar-refractivity contribution in [1.29, 1.82) is 0 Å². The molecule has 1 atom stereocenters. The normalized spacial score (nSPS) is 18.6. The lowest BCUT2D eigenvalue weighted by molar-refractivity contribution is -0.134. The van der Waals surface area contributed by atoms with Crippen molar-refractivity contribution in [1.82, 2.24) is 9.88 Å². The molecule has 144 valence electrons. The number of carbonyl (C=O) groups excluding carboxylic acids is 1. The van der Waals surface area contributed by atoms with Crippen LogP contribution in [0.2, 0.25) is 0 Å². The molecule has 1 aromatic carbocycles. The second-order valence-corrected chi connectivity index (χ2v) is 7.18. The first-order valence-corrected chi connectivity index (χ1v) is 8.49.